The molecule has 0 saturated heterocycles. The first-order valence-electron chi connectivity index (χ1n) is 6.31. The molecule has 1 rings (SSSR count). The molecule has 0 saturated carbocycles. The minimum Gasteiger partial charge on any atom is -0.481 e. The van der Waals surface area contributed by atoms with Crippen LogP contribution < -0.4 is 5.32 Å². The molecule has 0 atom stereocenters. The molecule has 0 radical (unpaired) electrons. The Balaban J connectivity index is 2.11. The highest BCUT2D eigenvalue weighted by molar-refractivity contribution is 9.10. The molecule has 0 unspecified atom stereocenters. The van der Waals surface area contributed by atoms with Crippen LogP contribution in [0.15, 0.2) is 28.7 Å². The largest absolute Gasteiger partial charge is 0.481 e. The van der Waals surface area contributed by atoms with Gasteiger partial charge in [-0.1, -0.05) is 34.5 Å². The van der Waals surface area contributed by atoms with Gasteiger partial charge in [0.2, 0.25) is 5.91 Å². The van der Waals surface area contributed by atoms with Gasteiger partial charge in [0.25, 0.3) is 0 Å². The number of halogens is 1. The van der Waals surface area contributed by atoms with Gasteiger partial charge in [-0.15, -0.1) is 0 Å². The average Bonchev–Trinajstić information content (AvgIpc) is 2.36. The zero-order valence-corrected chi connectivity index (χ0v) is 12.3. The van der Waals surface area contributed by atoms with Crippen molar-refractivity contribution in [1.29, 1.82) is 0 Å². The Kier molecular flexibility index (Phi) is 7.18. The van der Waals surface area contributed by atoms with Gasteiger partial charge in [0.15, 0.2) is 0 Å². The fourth-order valence-corrected chi connectivity index (χ4v) is 1.92. The summed E-state index contributed by atoms with van der Waals surface area (Å²) in [5, 5.41) is 11.3. The lowest BCUT2D eigenvalue weighted by atomic mass is 10.1. The van der Waals surface area contributed by atoms with Crippen LogP contribution in [0.5, 0.6) is 0 Å². The first-order valence-corrected chi connectivity index (χ1v) is 7.10. The topological polar surface area (TPSA) is 66.4 Å². The lowest BCUT2D eigenvalue weighted by Gasteiger charge is -2.05. The van der Waals surface area contributed by atoms with Gasteiger partial charge < -0.3 is 10.4 Å². The molecular formula is C14H18BrNO3. The predicted molar refractivity (Wildman–Crippen MR) is 77.0 cm³/mol. The number of benzene rings is 1. The van der Waals surface area contributed by atoms with Gasteiger partial charge in [0.05, 0.1) is 6.42 Å². The van der Waals surface area contributed by atoms with Crippen LogP contribution in [0.25, 0.3) is 0 Å². The van der Waals surface area contributed by atoms with Crippen LogP contribution in [0.3, 0.4) is 0 Å². The number of carbonyl (C=O) groups is 2. The molecule has 0 fully saturated rings. The first-order chi connectivity index (χ1) is 9.08. The lowest BCUT2D eigenvalue weighted by Crippen LogP contribution is -2.26. The number of rotatable bonds is 8. The zero-order chi connectivity index (χ0) is 14.1. The van der Waals surface area contributed by atoms with E-state index in [9.17, 15) is 9.59 Å². The lowest BCUT2D eigenvalue weighted by molar-refractivity contribution is -0.137. The molecular weight excluding hydrogens is 310 g/mol. The number of nitrogens with one attached hydrogen (secondary N) is 1. The Morgan fingerprint density at radius 2 is 1.79 bits per heavy atom. The van der Waals surface area contributed by atoms with Crippen molar-refractivity contribution >= 4 is 27.8 Å². The van der Waals surface area contributed by atoms with Crippen LogP contribution in [0.2, 0.25) is 0 Å². The monoisotopic (exact) mass is 327 g/mol. The van der Waals surface area contributed by atoms with Crippen molar-refractivity contribution < 1.29 is 14.7 Å². The van der Waals surface area contributed by atoms with Gasteiger partial charge in [0.1, 0.15) is 0 Å². The van der Waals surface area contributed by atoms with Crippen molar-refractivity contribution in [2.75, 3.05) is 6.54 Å². The standard InChI is InChI=1S/C14H18BrNO3/c15-12-7-5-11(6-8-12)10-13(17)16-9-3-1-2-4-14(18)19/h5-8H,1-4,9-10H2,(H,16,17)(H,18,19). The maximum absolute atomic E-state index is 11.6. The smallest absolute Gasteiger partial charge is 0.303 e. The SMILES string of the molecule is O=C(O)CCCCCNC(=O)Cc1ccc(Br)cc1. The number of aliphatic carboxylic acids is 1. The third-order valence-electron chi connectivity index (χ3n) is 2.67. The van der Waals surface area contributed by atoms with Crippen LogP contribution >= 0.6 is 15.9 Å². The van der Waals surface area contributed by atoms with Crippen molar-refractivity contribution in [2.45, 2.75) is 32.1 Å². The highest BCUT2D eigenvalue weighted by Crippen LogP contribution is 2.10. The van der Waals surface area contributed by atoms with E-state index >= 15 is 0 Å². The van der Waals surface area contributed by atoms with Gasteiger partial charge in [0, 0.05) is 17.4 Å². The summed E-state index contributed by atoms with van der Waals surface area (Å²) < 4.78 is 0.995. The quantitative estimate of drug-likeness (QED) is 0.721. The third-order valence-corrected chi connectivity index (χ3v) is 3.20. The number of carbonyl (C=O) groups excluding carboxylic acids is 1. The van der Waals surface area contributed by atoms with E-state index in [2.05, 4.69) is 21.2 Å². The number of carboxylic acids is 1. The second-order valence-electron chi connectivity index (χ2n) is 4.36. The first kappa shape index (κ1) is 15.7. The predicted octanol–water partition coefficient (Wildman–Crippen LogP) is 2.75. The molecule has 0 spiro atoms. The molecule has 2 N–H and O–H groups in total. The van der Waals surface area contributed by atoms with Crippen molar-refractivity contribution in [2.24, 2.45) is 0 Å². The maximum Gasteiger partial charge on any atom is 0.303 e. The van der Waals surface area contributed by atoms with E-state index in [0.29, 0.717) is 19.4 Å². The molecule has 4 nitrogen and oxygen atoms in total. The minimum atomic E-state index is -0.765. The van der Waals surface area contributed by atoms with Gasteiger partial charge >= 0.3 is 5.97 Å². The molecule has 0 bridgehead atoms. The summed E-state index contributed by atoms with van der Waals surface area (Å²) in [6.45, 7) is 0.606. The molecule has 0 aliphatic carbocycles. The van der Waals surface area contributed by atoms with E-state index in [1.165, 1.54) is 0 Å². The summed E-state index contributed by atoms with van der Waals surface area (Å²) in [5.41, 5.74) is 0.978. The Labute approximate surface area is 121 Å². The number of carboxylic acid groups (broad SMARTS) is 1. The molecule has 1 amide bonds. The van der Waals surface area contributed by atoms with Crippen LogP contribution in [-0.4, -0.2) is 23.5 Å². The highest BCUT2D eigenvalue weighted by atomic mass is 79.9. The molecule has 19 heavy (non-hydrogen) atoms. The highest BCUT2D eigenvalue weighted by Gasteiger charge is 2.03. The Bertz CT molecular complexity index is 417. The molecule has 0 heterocycles. The number of unbranched alkanes of at least 4 members (excludes halogenated alkanes) is 2. The van der Waals surface area contributed by atoms with E-state index in [1.807, 2.05) is 24.3 Å². The van der Waals surface area contributed by atoms with Crippen LogP contribution in [0.1, 0.15) is 31.2 Å². The maximum atomic E-state index is 11.6. The van der Waals surface area contributed by atoms with E-state index < -0.39 is 5.97 Å². The Morgan fingerprint density at radius 3 is 2.42 bits per heavy atom. The normalized spacial score (nSPS) is 10.2. The van der Waals surface area contributed by atoms with Crippen molar-refractivity contribution in [3.05, 3.63) is 34.3 Å². The van der Waals surface area contributed by atoms with Crippen LogP contribution in [0, 0.1) is 0 Å². The fourth-order valence-electron chi connectivity index (χ4n) is 1.66. The van der Waals surface area contributed by atoms with Crippen molar-refractivity contribution in [1.82, 2.24) is 5.32 Å². The van der Waals surface area contributed by atoms with Gasteiger partial charge in [-0.05, 0) is 30.5 Å². The average molecular weight is 328 g/mol. The van der Waals surface area contributed by atoms with Crippen LogP contribution in [-0.2, 0) is 16.0 Å². The van der Waals surface area contributed by atoms with E-state index in [0.717, 1.165) is 22.9 Å². The van der Waals surface area contributed by atoms with Crippen LogP contribution in [0.4, 0.5) is 0 Å². The number of hydrogen-bond acceptors (Lipinski definition) is 2. The molecule has 0 aromatic heterocycles. The van der Waals surface area contributed by atoms with Gasteiger partial charge in [-0.2, -0.15) is 0 Å². The van der Waals surface area contributed by atoms with Crippen molar-refractivity contribution in [3.8, 4) is 0 Å². The second-order valence-corrected chi connectivity index (χ2v) is 5.27. The summed E-state index contributed by atoms with van der Waals surface area (Å²) >= 11 is 3.35. The molecule has 0 aliphatic heterocycles. The number of amides is 1. The van der Waals surface area contributed by atoms with Gasteiger partial charge in [-0.25, -0.2) is 0 Å². The summed E-state index contributed by atoms with van der Waals surface area (Å²) in [6.07, 6.45) is 2.89. The zero-order valence-electron chi connectivity index (χ0n) is 10.7. The van der Waals surface area contributed by atoms with Gasteiger partial charge in [-0.3, -0.25) is 9.59 Å². The summed E-state index contributed by atoms with van der Waals surface area (Å²) in [4.78, 5) is 21.9. The van der Waals surface area contributed by atoms with E-state index in [4.69, 9.17) is 5.11 Å². The summed E-state index contributed by atoms with van der Waals surface area (Å²) in [7, 11) is 0. The molecule has 5 heteroatoms. The third kappa shape index (κ3) is 7.62. The van der Waals surface area contributed by atoms with Crippen molar-refractivity contribution in [3.63, 3.8) is 0 Å². The second kappa shape index (κ2) is 8.69. The summed E-state index contributed by atoms with van der Waals surface area (Å²) in [5.74, 6) is -0.764. The fraction of sp³-hybridized carbons (Fsp3) is 0.429. The molecule has 1 aromatic carbocycles. The summed E-state index contributed by atoms with van der Waals surface area (Å²) in [6, 6.07) is 7.65. The molecule has 104 valence electrons. The Hall–Kier alpha value is -1.36. The van der Waals surface area contributed by atoms with E-state index in [1.54, 1.807) is 0 Å². The Morgan fingerprint density at radius 1 is 1.11 bits per heavy atom. The minimum absolute atomic E-state index is 0.000516. The van der Waals surface area contributed by atoms with E-state index in [-0.39, 0.29) is 12.3 Å². The molecule has 1 aromatic rings. The molecule has 0 aliphatic rings. The number of hydrogen-bond donors (Lipinski definition) is 2.